The van der Waals surface area contributed by atoms with Crippen molar-refractivity contribution in [3.8, 4) is 0 Å². The van der Waals surface area contributed by atoms with Crippen molar-refractivity contribution >= 4 is 18.9 Å². The Morgan fingerprint density at radius 1 is 0.865 bits per heavy atom. The first kappa shape index (κ1) is 25.2. The topological polar surface area (TPSA) is 44.5 Å². The lowest BCUT2D eigenvalue weighted by atomic mass is 9.43. The maximum absolute atomic E-state index is 6.80. The van der Waals surface area contributed by atoms with Crippen LogP contribution in [0.2, 0.25) is 0 Å². The molecule has 7 rings (SSSR count). The van der Waals surface area contributed by atoms with Gasteiger partial charge in [0.2, 0.25) is 0 Å². The zero-order chi connectivity index (χ0) is 25.7. The largest absolute Gasteiger partial charge is 0.475 e. The molecule has 3 aliphatic carbocycles. The maximum atomic E-state index is 6.80. The SMILES string of the molecule is CC1(C)[C@@H]2C[C@H]3OB([C@@H](N)CCSC(c4ccccc4)(c4ccccc4)c4ccccc4)O[C@@]3(C)[C@H]1C2. The van der Waals surface area contributed by atoms with Gasteiger partial charge in [0.05, 0.1) is 16.5 Å². The van der Waals surface area contributed by atoms with E-state index in [2.05, 4.69) is 112 Å². The summed E-state index contributed by atoms with van der Waals surface area (Å²) in [6, 6.07) is 32.6. The molecule has 3 aromatic rings. The van der Waals surface area contributed by atoms with Crippen LogP contribution in [0.5, 0.6) is 0 Å². The van der Waals surface area contributed by atoms with Crippen LogP contribution in [0.1, 0.15) is 56.7 Å². The molecule has 0 spiro atoms. The van der Waals surface area contributed by atoms with E-state index < -0.39 is 0 Å². The molecule has 3 nitrogen and oxygen atoms in total. The molecule has 2 bridgehead atoms. The van der Waals surface area contributed by atoms with Crippen molar-refractivity contribution in [3.63, 3.8) is 0 Å². The van der Waals surface area contributed by atoms with Gasteiger partial charge in [0.1, 0.15) is 0 Å². The molecule has 3 aromatic carbocycles. The molecule has 1 heterocycles. The predicted octanol–water partition coefficient (Wildman–Crippen LogP) is 6.70. The van der Waals surface area contributed by atoms with Gasteiger partial charge in [0.15, 0.2) is 0 Å². The van der Waals surface area contributed by atoms with E-state index >= 15 is 0 Å². The van der Waals surface area contributed by atoms with Gasteiger partial charge in [-0.3, -0.25) is 0 Å². The highest BCUT2D eigenvalue weighted by Crippen LogP contribution is 2.65. The van der Waals surface area contributed by atoms with Gasteiger partial charge in [-0.1, -0.05) is 105 Å². The van der Waals surface area contributed by atoms with E-state index in [1.54, 1.807) is 0 Å². The molecule has 1 aliphatic heterocycles. The van der Waals surface area contributed by atoms with E-state index in [0.717, 1.165) is 24.5 Å². The number of benzene rings is 3. The van der Waals surface area contributed by atoms with Crippen molar-refractivity contribution in [2.45, 2.75) is 62.4 Å². The lowest BCUT2D eigenvalue weighted by molar-refractivity contribution is -0.199. The van der Waals surface area contributed by atoms with Crippen molar-refractivity contribution in [1.82, 2.24) is 0 Å². The van der Waals surface area contributed by atoms with Crippen molar-refractivity contribution < 1.29 is 9.31 Å². The minimum atomic E-state index is -0.328. The first-order valence-corrected chi connectivity index (χ1v) is 14.7. The Hall–Kier alpha value is -2.05. The third-order valence-electron chi connectivity index (χ3n) is 9.63. The van der Waals surface area contributed by atoms with Crippen LogP contribution in [0.25, 0.3) is 0 Å². The van der Waals surface area contributed by atoms with E-state index in [-0.39, 0.29) is 29.5 Å². The number of hydrogen-bond donors (Lipinski definition) is 1. The molecule has 3 saturated carbocycles. The summed E-state index contributed by atoms with van der Waals surface area (Å²) in [5.41, 5.74) is 10.8. The fraction of sp³-hybridized carbons (Fsp3) is 0.438. The summed E-state index contributed by atoms with van der Waals surface area (Å²) in [4.78, 5) is 0. The van der Waals surface area contributed by atoms with Crippen molar-refractivity contribution in [1.29, 1.82) is 0 Å². The summed E-state index contributed by atoms with van der Waals surface area (Å²) in [6.45, 7) is 7.07. The Morgan fingerprint density at radius 3 is 1.86 bits per heavy atom. The molecular weight excluding hydrogens is 473 g/mol. The minimum absolute atomic E-state index is 0.157. The van der Waals surface area contributed by atoms with Crippen molar-refractivity contribution in [2.24, 2.45) is 23.0 Å². The Kier molecular flexibility index (Phi) is 6.55. The molecule has 4 aliphatic rings. The monoisotopic (exact) mass is 511 g/mol. The van der Waals surface area contributed by atoms with Crippen LogP contribution in [0.15, 0.2) is 91.0 Å². The van der Waals surface area contributed by atoms with Gasteiger partial charge in [-0.15, -0.1) is 11.8 Å². The van der Waals surface area contributed by atoms with E-state index in [1.807, 2.05) is 11.8 Å². The first-order valence-electron chi connectivity index (χ1n) is 13.7. The van der Waals surface area contributed by atoms with Crippen LogP contribution in [0, 0.1) is 17.3 Å². The van der Waals surface area contributed by atoms with Crippen LogP contribution in [0.4, 0.5) is 0 Å². The lowest BCUT2D eigenvalue weighted by Gasteiger charge is -2.64. The van der Waals surface area contributed by atoms with Crippen molar-refractivity contribution in [3.05, 3.63) is 108 Å². The molecule has 0 radical (unpaired) electrons. The summed E-state index contributed by atoms with van der Waals surface area (Å²) in [6.07, 6.45) is 3.35. The van der Waals surface area contributed by atoms with Gasteiger partial charge in [0.25, 0.3) is 0 Å². The third kappa shape index (κ3) is 4.10. The summed E-state index contributed by atoms with van der Waals surface area (Å²) in [5, 5.41) is 0. The van der Waals surface area contributed by atoms with E-state index in [1.165, 1.54) is 23.1 Å². The number of rotatable bonds is 8. The molecule has 5 atom stereocenters. The number of hydrogen-bond acceptors (Lipinski definition) is 4. The molecule has 0 unspecified atom stereocenters. The van der Waals surface area contributed by atoms with Gasteiger partial charge >= 0.3 is 7.12 Å². The lowest BCUT2D eigenvalue weighted by Crippen LogP contribution is -2.65. The Morgan fingerprint density at radius 2 is 1.38 bits per heavy atom. The highest BCUT2D eigenvalue weighted by atomic mass is 32.2. The van der Waals surface area contributed by atoms with Crippen LogP contribution in [-0.2, 0) is 14.1 Å². The highest BCUT2D eigenvalue weighted by molar-refractivity contribution is 8.00. The summed E-state index contributed by atoms with van der Waals surface area (Å²) in [5.74, 6) is 2.03. The second-order valence-corrected chi connectivity index (χ2v) is 13.2. The minimum Gasteiger partial charge on any atom is -0.404 e. The first-order chi connectivity index (χ1) is 17.9. The van der Waals surface area contributed by atoms with Crippen LogP contribution >= 0.6 is 11.8 Å². The molecule has 1 saturated heterocycles. The van der Waals surface area contributed by atoms with Crippen molar-refractivity contribution in [2.75, 3.05) is 5.75 Å². The fourth-order valence-electron chi connectivity index (χ4n) is 7.34. The van der Waals surface area contributed by atoms with E-state index in [0.29, 0.717) is 11.3 Å². The quantitative estimate of drug-likeness (QED) is 0.270. The molecule has 0 amide bonds. The second kappa shape index (κ2) is 9.61. The molecular formula is C32H38BNO2S. The van der Waals surface area contributed by atoms with E-state index in [9.17, 15) is 0 Å². The average molecular weight is 512 g/mol. The Bertz CT molecular complexity index is 1110. The number of thioether (sulfide) groups is 1. The molecule has 5 heteroatoms. The van der Waals surface area contributed by atoms with Gasteiger partial charge < -0.3 is 15.0 Å². The van der Waals surface area contributed by atoms with Gasteiger partial charge in [0, 0.05) is 5.94 Å². The van der Waals surface area contributed by atoms with Crippen LogP contribution < -0.4 is 5.73 Å². The molecule has 192 valence electrons. The molecule has 2 N–H and O–H groups in total. The van der Waals surface area contributed by atoms with Gasteiger partial charge in [-0.2, -0.15) is 0 Å². The zero-order valence-corrected chi connectivity index (χ0v) is 23.0. The van der Waals surface area contributed by atoms with Gasteiger partial charge in [-0.25, -0.2) is 0 Å². The van der Waals surface area contributed by atoms with Gasteiger partial charge in [-0.05, 0) is 65.9 Å². The fourth-order valence-corrected chi connectivity index (χ4v) is 8.94. The standard InChI is InChI=1S/C32H38BNO2S/c1-30(2)26-21-27(30)31(3)28(22-26)35-33(36-31)29(34)19-20-37-32(23-13-7-4-8-14-23,24-15-9-5-10-16-24)25-17-11-6-12-18-25/h4-18,26-29H,19-22,34H2,1-3H3/t26-,27-,28+,29-,31-/m0/s1. The summed E-state index contributed by atoms with van der Waals surface area (Å²) in [7, 11) is -0.328. The molecule has 4 fully saturated rings. The highest BCUT2D eigenvalue weighted by Gasteiger charge is 2.68. The second-order valence-electron chi connectivity index (χ2n) is 11.9. The average Bonchev–Trinajstić information content (AvgIpc) is 3.30. The zero-order valence-electron chi connectivity index (χ0n) is 22.2. The summed E-state index contributed by atoms with van der Waals surface area (Å²) < 4.78 is 12.9. The third-order valence-corrected chi connectivity index (χ3v) is 11.2. The predicted molar refractivity (Wildman–Crippen MR) is 154 cm³/mol. The maximum Gasteiger partial charge on any atom is 0.475 e. The normalized spacial score (nSPS) is 28.9. The smallest absolute Gasteiger partial charge is 0.404 e. The van der Waals surface area contributed by atoms with E-state index in [4.69, 9.17) is 15.0 Å². The number of nitrogens with two attached hydrogens (primary N) is 1. The van der Waals surface area contributed by atoms with Crippen LogP contribution in [-0.4, -0.2) is 30.5 Å². The molecule has 0 aromatic heterocycles. The summed E-state index contributed by atoms with van der Waals surface area (Å²) >= 11 is 1.96. The van der Waals surface area contributed by atoms with Crippen LogP contribution in [0.3, 0.4) is 0 Å². The Balaban J connectivity index is 1.23. The Labute approximate surface area is 226 Å². The molecule has 37 heavy (non-hydrogen) atoms.